The first-order chi connectivity index (χ1) is 13.8. The summed E-state index contributed by atoms with van der Waals surface area (Å²) in [6.07, 6.45) is -1.02. The van der Waals surface area contributed by atoms with Gasteiger partial charge in [0, 0.05) is 19.8 Å². The number of hydrogen-bond donors (Lipinski definition) is 1. The van der Waals surface area contributed by atoms with Crippen LogP contribution in [-0.4, -0.2) is 44.8 Å². The van der Waals surface area contributed by atoms with Crippen LogP contribution in [0, 0.1) is 0 Å². The van der Waals surface area contributed by atoms with E-state index in [1.807, 2.05) is 12.1 Å². The lowest BCUT2D eigenvalue weighted by Gasteiger charge is -2.19. The molecule has 0 aromatic heterocycles. The standard InChI is InChI=1S/C22H28N2O5S/c1-15(20(25)23-18-11-9-17(10-12-18)22(2,3)4)29-21(26)16-7-13-19(14-8-16)30(27,28)24(5)6/h7-15H,1-6H3,(H,23,25). The summed E-state index contributed by atoms with van der Waals surface area (Å²) in [5.41, 5.74) is 1.91. The first kappa shape index (κ1) is 23.6. The number of sulfonamides is 1. The summed E-state index contributed by atoms with van der Waals surface area (Å²) in [6.45, 7) is 7.78. The van der Waals surface area contributed by atoms with Crippen molar-refractivity contribution in [3.05, 3.63) is 59.7 Å². The number of esters is 1. The smallest absolute Gasteiger partial charge is 0.338 e. The molecule has 0 spiro atoms. The van der Waals surface area contributed by atoms with E-state index in [2.05, 4.69) is 26.1 Å². The van der Waals surface area contributed by atoms with Crippen molar-refractivity contribution < 1.29 is 22.7 Å². The summed E-state index contributed by atoms with van der Waals surface area (Å²) >= 11 is 0. The van der Waals surface area contributed by atoms with Crippen LogP contribution in [0.15, 0.2) is 53.4 Å². The van der Waals surface area contributed by atoms with Gasteiger partial charge in [-0.3, -0.25) is 4.79 Å². The predicted octanol–water partition coefficient (Wildman–Crippen LogP) is 3.42. The molecule has 30 heavy (non-hydrogen) atoms. The summed E-state index contributed by atoms with van der Waals surface area (Å²) in [6, 6.07) is 12.9. The SMILES string of the molecule is CC(OC(=O)c1ccc(S(=O)(=O)N(C)C)cc1)C(=O)Nc1ccc(C(C)(C)C)cc1. The van der Waals surface area contributed by atoms with E-state index in [0.717, 1.165) is 9.87 Å². The number of nitrogens with one attached hydrogen (secondary N) is 1. The van der Waals surface area contributed by atoms with Gasteiger partial charge in [0.2, 0.25) is 10.0 Å². The lowest BCUT2D eigenvalue weighted by Crippen LogP contribution is -2.30. The molecule has 2 aromatic carbocycles. The van der Waals surface area contributed by atoms with Crippen molar-refractivity contribution >= 4 is 27.6 Å². The number of anilines is 1. The second-order valence-corrected chi connectivity index (χ2v) is 10.3. The Balaban J connectivity index is 2.00. The van der Waals surface area contributed by atoms with Crippen molar-refractivity contribution in [2.75, 3.05) is 19.4 Å². The van der Waals surface area contributed by atoms with Gasteiger partial charge >= 0.3 is 5.97 Å². The number of carbonyl (C=O) groups is 2. The maximum absolute atomic E-state index is 12.3. The minimum Gasteiger partial charge on any atom is -0.449 e. The van der Waals surface area contributed by atoms with Crippen LogP contribution in [0.2, 0.25) is 0 Å². The van der Waals surface area contributed by atoms with Gasteiger partial charge in [-0.15, -0.1) is 0 Å². The number of nitrogens with zero attached hydrogens (tertiary/aromatic N) is 1. The number of carbonyl (C=O) groups excluding carboxylic acids is 2. The third-order valence-corrected chi connectivity index (χ3v) is 6.37. The van der Waals surface area contributed by atoms with E-state index in [1.165, 1.54) is 45.3 Å². The van der Waals surface area contributed by atoms with E-state index in [-0.39, 0.29) is 15.9 Å². The molecule has 7 nitrogen and oxygen atoms in total. The second kappa shape index (κ2) is 8.97. The van der Waals surface area contributed by atoms with E-state index in [4.69, 9.17) is 4.74 Å². The number of amides is 1. The molecule has 0 saturated heterocycles. The fourth-order valence-electron chi connectivity index (χ4n) is 2.55. The van der Waals surface area contributed by atoms with Gasteiger partial charge in [0.15, 0.2) is 6.10 Å². The van der Waals surface area contributed by atoms with Crippen LogP contribution in [0.4, 0.5) is 5.69 Å². The molecule has 0 saturated carbocycles. The van der Waals surface area contributed by atoms with Gasteiger partial charge in [-0.05, 0) is 54.3 Å². The van der Waals surface area contributed by atoms with Crippen molar-refractivity contribution in [2.24, 2.45) is 0 Å². The van der Waals surface area contributed by atoms with Gasteiger partial charge in [-0.2, -0.15) is 0 Å². The molecule has 1 atom stereocenters. The molecule has 2 aromatic rings. The highest BCUT2D eigenvalue weighted by Crippen LogP contribution is 2.23. The van der Waals surface area contributed by atoms with Crippen LogP contribution in [-0.2, 0) is 25.0 Å². The van der Waals surface area contributed by atoms with E-state index < -0.39 is 28.0 Å². The Kier molecular flexibility index (Phi) is 7.05. The largest absolute Gasteiger partial charge is 0.449 e. The van der Waals surface area contributed by atoms with Crippen LogP contribution >= 0.6 is 0 Å². The maximum Gasteiger partial charge on any atom is 0.338 e. The van der Waals surface area contributed by atoms with Gasteiger partial charge < -0.3 is 10.1 Å². The van der Waals surface area contributed by atoms with Crippen molar-refractivity contribution in [3.63, 3.8) is 0 Å². The maximum atomic E-state index is 12.3. The van der Waals surface area contributed by atoms with E-state index in [1.54, 1.807) is 12.1 Å². The van der Waals surface area contributed by atoms with Gasteiger partial charge in [0.1, 0.15) is 0 Å². The highest BCUT2D eigenvalue weighted by atomic mass is 32.2. The quantitative estimate of drug-likeness (QED) is 0.706. The van der Waals surface area contributed by atoms with Crippen molar-refractivity contribution in [1.29, 1.82) is 0 Å². The van der Waals surface area contributed by atoms with Crippen molar-refractivity contribution in [1.82, 2.24) is 4.31 Å². The number of hydrogen-bond acceptors (Lipinski definition) is 5. The molecular weight excluding hydrogens is 404 g/mol. The average Bonchev–Trinajstić information content (AvgIpc) is 2.67. The minimum atomic E-state index is -3.59. The summed E-state index contributed by atoms with van der Waals surface area (Å²) in [7, 11) is -0.736. The Labute approximate surface area is 178 Å². The molecule has 2 rings (SSSR count). The molecule has 0 aliphatic rings. The topological polar surface area (TPSA) is 92.8 Å². The third kappa shape index (κ3) is 5.67. The zero-order chi connectivity index (χ0) is 22.7. The first-order valence-corrected chi connectivity index (χ1v) is 10.9. The Morgan fingerprint density at radius 2 is 1.50 bits per heavy atom. The molecule has 8 heteroatoms. The Morgan fingerprint density at radius 1 is 0.967 bits per heavy atom. The first-order valence-electron chi connectivity index (χ1n) is 9.47. The fourth-order valence-corrected chi connectivity index (χ4v) is 3.46. The van der Waals surface area contributed by atoms with Crippen LogP contribution in [0.5, 0.6) is 0 Å². The highest BCUT2D eigenvalue weighted by Gasteiger charge is 2.21. The van der Waals surface area contributed by atoms with Gasteiger partial charge in [-0.1, -0.05) is 32.9 Å². The molecule has 0 fully saturated rings. The van der Waals surface area contributed by atoms with E-state index in [0.29, 0.717) is 5.69 Å². The molecule has 0 aliphatic heterocycles. The zero-order valence-corrected chi connectivity index (χ0v) is 18.9. The summed E-state index contributed by atoms with van der Waals surface area (Å²) in [5, 5.41) is 2.72. The molecule has 0 bridgehead atoms. The second-order valence-electron chi connectivity index (χ2n) is 8.18. The monoisotopic (exact) mass is 432 g/mol. The lowest BCUT2D eigenvalue weighted by molar-refractivity contribution is -0.123. The Bertz CT molecular complexity index is 1000. The molecule has 0 heterocycles. The number of rotatable bonds is 6. The Morgan fingerprint density at radius 3 is 1.97 bits per heavy atom. The van der Waals surface area contributed by atoms with Crippen LogP contribution in [0.25, 0.3) is 0 Å². The van der Waals surface area contributed by atoms with Crippen LogP contribution < -0.4 is 5.32 Å². The fraction of sp³-hybridized carbons (Fsp3) is 0.364. The number of ether oxygens (including phenoxy) is 1. The molecule has 162 valence electrons. The van der Waals surface area contributed by atoms with Crippen molar-refractivity contribution in [3.8, 4) is 0 Å². The van der Waals surface area contributed by atoms with E-state index >= 15 is 0 Å². The van der Waals surface area contributed by atoms with Gasteiger partial charge in [-0.25, -0.2) is 17.5 Å². The molecule has 1 N–H and O–H groups in total. The van der Waals surface area contributed by atoms with Crippen LogP contribution in [0.3, 0.4) is 0 Å². The summed E-state index contributed by atoms with van der Waals surface area (Å²) in [4.78, 5) is 24.7. The van der Waals surface area contributed by atoms with Gasteiger partial charge in [0.05, 0.1) is 10.5 Å². The molecule has 0 aliphatic carbocycles. The van der Waals surface area contributed by atoms with Crippen LogP contribution in [0.1, 0.15) is 43.6 Å². The highest BCUT2D eigenvalue weighted by molar-refractivity contribution is 7.89. The summed E-state index contributed by atoms with van der Waals surface area (Å²) < 4.78 is 30.5. The predicted molar refractivity (Wildman–Crippen MR) is 116 cm³/mol. The average molecular weight is 433 g/mol. The third-order valence-electron chi connectivity index (χ3n) is 4.54. The Hall–Kier alpha value is -2.71. The van der Waals surface area contributed by atoms with Gasteiger partial charge in [0.25, 0.3) is 5.91 Å². The van der Waals surface area contributed by atoms with Crippen molar-refractivity contribution in [2.45, 2.75) is 44.1 Å². The summed E-state index contributed by atoms with van der Waals surface area (Å²) in [5.74, 6) is -1.17. The molecule has 1 amide bonds. The molecular formula is C22H28N2O5S. The number of benzene rings is 2. The minimum absolute atomic E-state index is 0.00673. The lowest BCUT2D eigenvalue weighted by atomic mass is 9.87. The molecule has 1 unspecified atom stereocenters. The van der Waals surface area contributed by atoms with E-state index in [9.17, 15) is 18.0 Å². The molecule has 0 radical (unpaired) electrons. The normalized spacial score (nSPS) is 13.0. The zero-order valence-electron chi connectivity index (χ0n) is 18.1.